The van der Waals surface area contributed by atoms with E-state index in [1.54, 1.807) is 0 Å². The number of nitrogens with one attached hydrogen (secondary N) is 1. The van der Waals surface area contributed by atoms with Gasteiger partial charge >= 0.3 is 0 Å². The van der Waals surface area contributed by atoms with E-state index >= 15 is 0 Å². The summed E-state index contributed by atoms with van der Waals surface area (Å²) in [6.45, 7) is 12.9. The number of hydrogen-bond acceptors (Lipinski definition) is 3. The van der Waals surface area contributed by atoms with E-state index in [0.717, 1.165) is 36.7 Å². The van der Waals surface area contributed by atoms with Crippen molar-refractivity contribution < 1.29 is 0 Å². The van der Waals surface area contributed by atoms with Crippen molar-refractivity contribution in [2.45, 2.75) is 59.9 Å². The highest BCUT2D eigenvalue weighted by molar-refractivity contribution is 5.27. The molecular weight excluding hydrogens is 222 g/mol. The molecule has 1 fully saturated rings. The normalized spacial score (nSPS) is 21.1. The van der Waals surface area contributed by atoms with E-state index in [2.05, 4.69) is 39.9 Å². The van der Waals surface area contributed by atoms with Gasteiger partial charge in [-0.1, -0.05) is 20.8 Å². The molecule has 100 valence electrons. The lowest BCUT2D eigenvalue weighted by molar-refractivity contribution is 0.603. The third-order valence-electron chi connectivity index (χ3n) is 3.99. The predicted molar refractivity (Wildman–Crippen MR) is 74.6 cm³/mol. The lowest BCUT2D eigenvalue weighted by Crippen LogP contribution is -2.17. The van der Waals surface area contributed by atoms with Gasteiger partial charge < -0.3 is 5.32 Å². The Morgan fingerprint density at radius 1 is 1.22 bits per heavy atom. The molecule has 1 aromatic heterocycles. The smallest absolute Gasteiger partial charge is 0.132 e. The molecule has 1 aliphatic rings. The highest BCUT2D eigenvalue weighted by Gasteiger charge is 2.48. The Balaban J connectivity index is 2.14. The van der Waals surface area contributed by atoms with Gasteiger partial charge in [0.25, 0.3) is 0 Å². The molecule has 1 unspecified atom stereocenters. The van der Waals surface area contributed by atoms with Crippen molar-refractivity contribution in [1.82, 2.24) is 15.3 Å². The van der Waals surface area contributed by atoms with Crippen molar-refractivity contribution in [3.05, 3.63) is 22.8 Å². The average Bonchev–Trinajstić information content (AvgIpc) is 2.92. The van der Waals surface area contributed by atoms with Gasteiger partial charge in [0, 0.05) is 29.4 Å². The van der Waals surface area contributed by atoms with Crippen LogP contribution < -0.4 is 5.32 Å². The highest BCUT2D eigenvalue weighted by Crippen LogP contribution is 2.57. The molecule has 1 aromatic rings. The summed E-state index contributed by atoms with van der Waals surface area (Å²) in [5.74, 6) is 1.61. The zero-order chi connectivity index (χ0) is 13.3. The molecule has 1 heterocycles. The Bertz CT molecular complexity index is 414. The summed E-state index contributed by atoms with van der Waals surface area (Å²) >= 11 is 0. The van der Waals surface area contributed by atoms with E-state index in [1.807, 2.05) is 0 Å². The summed E-state index contributed by atoms with van der Waals surface area (Å²) in [6.07, 6.45) is 2.38. The average molecular weight is 247 g/mol. The van der Waals surface area contributed by atoms with Crippen LogP contribution in [0.5, 0.6) is 0 Å². The van der Waals surface area contributed by atoms with Crippen LogP contribution in [0.2, 0.25) is 0 Å². The Morgan fingerprint density at radius 3 is 2.22 bits per heavy atom. The predicted octanol–water partition coefficient (Wildman–Crippen LogP) is 3.11. The monoisotopic (exact) mass is 247 g/mol. The molecule has 0 amide bonds. The number of nitrogens with zero attached hydrogens (tertiary/aromatic N) is 2. The molecule has 0 spiro atoms. The van der Waals surface area contributed by atoms with Gasteiger partial charge in [0.2, 0.25) is 0 Å². The van der Waals surface area contributed by atoms with Gasteiger partial charge in [-0.15, -0.1) is 0 Å². The van der Waals surface area contributed by atoms with E-state index in [0.29, 0.717) is 11.3 Å². The van der Waals surface area contributed by atoms with Crippen LogP contribution in [0.1, 0.15) is 62.3 Å². The van der Waals surface area contributed by atoms with Gasteiger partial charge in [0.05, 0.1) is 0 Å². The third-order valence-corrected chi connectivity index (χ3v) is 3.99. The third kappa shape index (κ3) is 2.72. The highest BCUT2D eigenvalue weighted by atomic mass is 14.9. The molecule has 1 atom stereocenters. The fourth-order valence-electron chi connectivity index (χ4n) is 2.48. The maximum Gasteiger partial charge on any atom is 0.132 e. The molecule has 3 heteroatoms. The summed E-state index contributed by atoms with van der Waals surface area (Å²) < 4.78 is 0. The van der Waals surface area contributed by atoms with Crippen molar-refractivity contribution in [1.29, 1.82) is 0 Å². The molecule has 1 N–H and O–H groups in total. The van der Waals surface area contributed by atoms with Gasteiger partial charge in [-0.2, -0.15) is 0 Å². The summed E-state index contributed by atoms with van der Waals surface area (Å²) in [6, 6.07) is 0. The van der Waals surface area contributed by atoms with E-state index in [4.69, 9.17) is 9.97 Å². The number of hydrogen-bond donors (Lipinski definition) is 1. The summed E-state index contributed by atoms with van der Waals surface area (Å²) in [5.41, 5.74) is 3.96. The fraction of sp³-hybridized carbons (Fsp3) is 0.733. The van der Waals surface area contributed by atoms with Gasteiger partial charge in [-0.05, 0) is 38.6 Å². The first kappa shape index (κ1) is 13.5. The van der Waals surface area contributed by atoms with Crippen LogP contribution in [0.15, 0.2) is 0 Å². The van der Waals surface area contributed by atoms with Crippen molar-refractivity contribution >= 4 is 0 Å². The molecule has 0 saturated heterocycles. The first-order valence-electron chi connectivity index (χ1n) is 7.00. The Labute approximate surface area is 110 Å². The number of rotatable bonds is 5. The number of aryl methyl sites for hydroxylation is 2. The summed E-state index contributed by atoms with van der Waals surface area (Å²) in [4.78, 5) is 9.44. The molecule has 0 aromatic carbocycles. The second-order valence-corrected chi connectivity index (χ2v) is 6.15. The number of aromatic nitrogens is 2. The second kappa shape index (κ2) is 4.96. The Kier molecular flexibility index (Phi) is 3.71. The van der Waals surface area contributed by atoms with Crippen molar-refractivity contribution in [3.8, 4) is 0 Å². The van der Waals surface area contributed by atoms with Crippen LogP contribution in [0.3, 0.4) is 0 Å². The Hall–Kier alpha value is -0.960. The van der Waals surface area contributed by atoms with Gasteiger partial charge in [-0.25, -0.2) is 9.97 Å². The van der Waals surface area contributed by atoms with Crippen LogP contribution in [0.25, 0.3) is 0 Å². The molecule has 0 bridgehead atoms. The van der Waals surface area contributed by atoms with E-state index in [9.17, 15) is 0 Å². The van der Waals surface area contributed by atoms with E-state index in [-0.39, 0.29) is 0 Å². The largest absolute Gasteiger partial charge is 0.313 e. The Morgan fingerprint density at radius 2 is 1.78 bits per heavy atom. The van der Waals surface area contributed by atoms with Crippen molar-refractivity contribution in [2.75, 3.05) is 6.54 Å². The maximum absolute atomic E-state index is 4.72. The molecule has 18 heavy (non-hydrogen) atoms. The van der Waals surface area contributed by atoms with E-state index in [1.165, 1.54) is 12.0 Å². The van der Waals surface area contributed by atoms with Crippen LogP contribution >= 0.6 is 0 Å². The first-order chi connectivity index (χ1) is 8.45. The topological polar surface area (TPSA) is 37.8 Å². The zero-order valence-electron chi connectivity index (χ0n) is 12.3. The summed E-state index contributed by atoms with van der Waals surface area (Å²) in [5, 5.41) is 3.43. The molecule has 2 rings (SSSR count). The van der Waals surface area contributed by atoms with Crippen LogP contribution in [-0.4, -0.2) is 16.5 Å². The van der Waals surface area contributed by atoms with Gasteiger partial charge in [0.15, 0.2) is 0 Å². The van der Waals surface area contributed by atoms with Gasteiger partial charge in [0.1, 0.15) is 5.82 Å². The first-order valence-corrected chi connectivity index (χ1v) is 7.00. The molecular formula is C15H25N3. The molecule has 3 nitrogen and oxygen atoms in total. The molecule has 1 saturated carbocycles. The quantitative estimate of drug-likeness (QED) is 0.812. The van der Waals surface area contributed by atoms with E-state index < -0.39 is 0 Å². The van der Waals surface area contributed by atoms with Crippen LogP contribution in [0, 0.1) is 19.3 Å². The van der Waals surface area contributed by atoms with Crippen LogP contribution in [-0.2, 0) is 6.54 Å². The lowest BCUT2D eigenvalue weighted by Gasteiger charge is -2.12. The molecule has 0 aliphatic heterocycles. The standard InChI is InChI=1S/C15H25N3/c1-6-7-16-9-12-10(2)17-14(18-11(12)3)13-8-15(13,4)5/h13,16H,6-9H2,1-5H3. The minimum atomic E-state index is 0.404. The molecule has 0 radical (unpaired) electrons. The fourth-order valence-corrected chi connectivity index (χ4v) is 2.48. The lowest BCUT2D eigenvalue weighted by atomic mass is 10.1. The minimum Gasteiger partial charge on any atom is -0.313 e. The van der Waals surface area contributed by atoms with Crippen molar-refractivity contribution in [3.63, 3.8) is 0 Å². The zero-order valence-corrected chi connectivity index (χ0v) is 12.3. The van der Waals surface area contributed by atoms with Crippen LogP contribution in [0.4, 0.5) is 0 Å². The molecule has 1 aliphatic carbocycles. The second-order valence-electron chi connectivity index (χ2n) is 6.15. The maximum atomic E-state index is 4.72. The summed E-state index contributed by atoms with van der Waals surface area (Å²) in [7, 11) is 0. The minimum absolute atomic E-state index is 0.404. The van der Waals surface area contributed by atoms with Gasteiger partial charge in [-0.3, -0.25) is 0 Å². The SMILES string of the molecule is CCCNCc1c(C)nc(C2CC2(C)C)nc1C. The van der Waals surface area contributed by atoms with Crippen molar-refractivity contribution in [2.24, 2.45) is 5.41 Å².